The van der Waals surface area contributed by atoms with Gasteiger partial charge in [-0.25, -0.2) is 4.63 Å². The van der Waals surface area contributed by atoms with Gasteiger partial charge in [0.05, 0.1) is 29.3 Å². The van der Waals surface area contributed by atoms with Crippen LogP contribution in [0.2, 0.25) is 0 Å². The van der Waals surface area contributed by atoms with Crippen molar-refractivity contribution in [3.63, 3.8) is 0 Å². The molecule has 0 spiro atoms. The van der Waals surface area contributed by atoms with E-state index in [0.29, 0.717) is 52.5 Å². The Labute approximate surface area is 203 Å². The third-order valence-corrected chi connectivity index (χ3v) is 8.12. The van der Waals surface area contributed by atoms with Crippen LogP contribution in [0.3, 0.4) is 0 Å². The van der Waals surface area contributed by atoms with E-state index < -0.39 is 0 Å². The maximum absolute atomic E-state index is 13.4. The molecular weight excluding hydrogens is 446 g/mol. The van der Waals surface area contributed by atoms with Gasteiger partial charge in [-0.3, -0.25) is 19.3 Å². The number of aryl methyl sites for hydroxylation is 1. The number of anilines is 1. The van der Waals surface area contributed by atoms with Crippen LogP contribution in [0.25, 0.3) is 0 Å². The number of nitrogens with zero attached hydrogens (tertiary/aromatic N) is 4. The number of imide groups is 1. The third-order valence-electron chi connectivity index (χ3n) is 8.12. The number of piperidine rings is 1. The van der Waals surface area contributed by atoms with Crippen LogP contribution in [-0.4, -0.2) is 52.6 Å². The molecule has 1 unspecified atom stereocenters. The Balaban J connectivity index is 1.16. The molecule has 35 heavy (non-hydrogen) atoms. The van der Waals surface area contributed by atoms with Crippen molar-refractivity contribution in [2.24, 2.45) is 23.7 Å². The fourth-order valence-electron chi connectivity index (χ4n) is 6.18. The summed E-state index contributed by atoms with van der Waals surface area (Å²) in [6.07, 6.45) is 8.71. The summed E-state index contributed by atoms with van der Waals surface area (Å²) in [6.45, 7) is 3.75. The van der Waals surface area contributed by atoms with Crippen molar-refractivity contribution in [1.82, 2.24) is 20.5 Å². The summed E-state index contributed by atoms with van der Waals surface area (Å²) in [7, 11) is 0. The van der Waals surface area contributed by atoms with Crippen molar-refractivity contribution in [2.75, 3.05) is 24.5 Å². The van der Waals surface area contributed by atoms with Crippen LogP contribution < -0.4 is 10.2 Å². The summed E-state index contributed by atoms with van der Waals surface area (Å²) in [5.41, 5.74) is 2.52. The van der Waals surface area contributed by atoms with Gasteiger partial charge in [0, 0.05) is 19.6 Å². The van der Waals surface area contributed by atoms with Gasteiger partial charge >= 0.3 is 0 Å². The average molecular weight is 476 g/mol. The maximum atomic E-state index is 13.4. The molecule has 2 fully saturated rings. The fourth-order valence-corrected chi connectivity index (χ4v) is 6.18. The van der Waals surface area contributed by atoms with E-state index in [2.05, 4.69) is 32.7 Å². The highest BCUT2D eigenvalue weighted by Gasteiger charge is 2.40. The molecule has 0 radical (unpaired) electrons. The number of nitrogens with one attached hydrogen (secondary N) is 1. The number of carbonyl (C=O) groups excluding carboxylic acids is 3. The van der Waals surface area contributed by atoms with E-state index >= 15 is 0 Å². The zero-order chi connectivity index (χ0) is 24.1. The van der Waals surface area contributed by atoms with E-state index in [-0.39, 0.29) is 30.2 Å². The number of aromatic nitrogens is 2. The molecule has 2 aromatic rings. The quantitative estimate of drug-likeness (QED) is 0.505. The second-order valence-electron chi connectivity index (χ2n) is 10.3. The van der Waals surface area contributed by atoms with Gasteiger partial charge in [0.15, 0.2) is 0 Å². The van der Waals surface area contributed by atoms with E-state index in [9.17, 15) is 14.4 Å². The largest absolute Gasteiger partial charge is 0.370 e. The van der Waals surface area contributed by atoms with Crippen molar-refractivity contribution >= 4 is 23.4 Å². The van der Waals surface area contributed by atoms with Crippen LogP contribution >= 0.6 is 0 Å². The zero-order valence-electron chi connectivity index (χ0n) is 19.8. The Bertz CT molecular complexity index is 1220. The summed E-state index contributed by atoms with van der Waals surface area (Å²) in [5.74, 6) is 1.10. The maximum Gasteiger partial charge on any atom is 0.264 e. The van der Waals surface area contributed by atoms with Gasteiger partial charge in [-0.15, -0.1) is 0 Å². The Kier molecular flexibility index (Phi) is 5.42. The van der Waals surface area contributed by atoms with Crippen molar-refractivity contribution in [3.8, 4) is 0 Å². The van der Waals surface area contributed by atoms with Crippen LogP contribution in [0.5, 0.6) is 0 Å². The predicted octanol–water partition coefficient (Wildman–Crippen LogP) is 2.72. The van der Waals surface area contributed by atoms with E-state index in [1.807, 2.05) is 6.07 Å². The van der Waals surface area contributed by atoms with Crippen molar-refractivity contribution in [2.45, 2.75) is 39.2 Å². The summed E-state index contributed by atoms with van der Waals surface area (Å²) in [6, 6.07) is 5.36. The minimum absolute atomic E-state index is 0.0182. The molecule has 4 aliphatic rings. The predicted molar refractivity (Wildman–Crippen MR) is 126 cm³/mol. The minimum atomic E-state index is -0.348. The van der Waals surface area contributed by atoms with Crippen molar-refractivity contribution in [1.29, 1.82) is 0 Å². The number of allylic oxidation sites excluding steroid dienone is 2. The number of carbonyl (C=O) groups is 3. The van der Waals surface area contributed by atoms with Crippen LogP contribution in [0.15, 0.2) is 35.0 Å². The van der Waals surface area contributed by atoms with Gasteiger partial charge in [0.25, 0.3) is 11.8 Å². The third kappa shape index (κ3) is 3.83. The first-order chi connectivity index (χ1) is 17.0. The molecule has 1 N–H and O–H groups in total. The Morgan fingerprint density at radius 1 is 1.17 bits per heavy atom. The summed E-state index contributed by atoms with van der Waals surface area (Å²) in [4.78, 5) is 42.7. The smallest absolute Gasteiger partial charge is 0.264 e. The highest BCUT2D eigenvalue weighted by molar-refractivity contribution is 6.23. The number of hydrogen-bond donors (Lipinski definition) is 1. The monoisotopic (exact) mass is 475 g/mol. The number of hydrogen-bond acceptors (Lipinski definition) is 7. The zero-order valence-corrected chi connectivity index (χ0v) is 19.8. The van der Waals surface area contributed by atoms with Crippen LogP contribution in [0.1, 0.15) is 57.8 Å². The minimum Gasteiger partial charge on any atom is -0.370 e. The first-order valence-electron chi connectivity index (χ1n) is 12.5. The molecule has 1 saturated heterocycles. The highest BCUT2D eigenvalue weighted by Crippen LogP contribution is 2.43. The second-order valence-corrected chi connectivity index (χ2v) is 10.3. The lowest BCUT2D eigenvalue weighted by Gasteiger charge is -2.34. The van der Waals surface area contributed by atoms with Gasteiger partial charge in [0.2, 0.25) is 5.91 Å². The number of amides is 3. The van der Waals surface area contributed by atoms with Gasteiger partial charge in [-0.2, -0.15) is 0 Å². The van der Waals surface area contributed by atoms with Crippen molar-refractivity contribution in [3.05, 3.63) is 52.9 Å². The van der Waals surface area contributed by atoms with Crippen LogP contribution in [0.4, 0.5) is 5.69 Å². The molecule has 2 bridgehead atoms. The molecule has 6 rings (SSSR count). The van der Waals surface area contributed by atoms with E-state index in [1.165, 1.54) is 17.7 Å². The molecule has 9 nitrogen and oxygen atoms in total. The van der Waals surface area contributed by atoms with Gasteiger partial charge in [-0.05, 0) is 62.5 Å². The van der Waals surface area contributed by atoms with E-state index in [4.69, 9.17) is 4.63 Å². The standard InChI is InChI=1S/C26H29N5O4/c1-15-21(29-35-28-15)14-31-25(33)20-5-2-6-22(23(20)26(31)34)30-9-3-4-18(13-30)24(32)27-12-19-11-16-7-8-17(19)10-16/h2,5-8,16-19H,3-4,9-14H2,1H3,(H,27,32)/t16-,17+,18?,19-/m1/s1. The topological polar surface area (TPSA) is 109 Å². The Hall–Kier alpha value is -3.49. The molecule has 4 atom stereocenters. The molecule has 2 aliphatic heterocycles. The number of rotatable bonds is 6. The van der Waals surface area contributed by atoms with Gasteiger partial charge < -0.3 is 10.2 Å². The van der Waals surface area contributed by atoms with E-state index in [1.54, 1.807) is 19.1 Å². The van der Waals surface area contributed by atoms with Gasteiger partial charge in [-0.1, -0.05) is 28.5 Å². The molecule has 3 heterocycles. The lowest BCUT2D eigenvalue weighted by molar-refractivity contribution is -0.125. The molecule has 182 valence electrons. The molecular formula is C26H29N5O4. The molecule has 1 saturated carbocycles. The molecule has 1 aromatic carbocycles. The lowest BCUT2D eigenvalue weighted by Crippen LogP contribution is -2.44. The summed E-state index contributed by atoms with van der Waals surface area (Å²) in [5, 5.41) is 10.8. The van der Waals surface area contributed by atoms with Gasteiger partial charge in [0.1, 0.15) is 11.4 Å². The highest BCUT2D eigenvalue weighted by atomic mass is 16.6. The first kappa shape index (κ1) is 22.0. The summed E-state index contributed by atoms with van der Waals surface area (Å²) >= 11 is 0. The lowest BCUT2D eigenvalue weighted by atomic mass is 9.92. The Morgan fingerprint density at radius 2 is 2.06 bits per heavy atom. The normalized spacial score (nSPS) is 27.1. The molecule has 2 aliphatic carbocycles. The first-order valence-corrected chi connectivity index (χ1v) is 12.5. The molecule has 1 aromatic heterocycles. The number of fused-ring (bicyclic) bond motifs is 3. The average Bonchev–Trinajstić information content (AvgIpc) is 3.65. The van der Waals surface area contributed by atoms with Crippen LogP contribution in [-0.2, 0) is 11.3 Å². The SMILES string of the molecule is Cc1nonc1CN1C(=O)c2cccc(N3CCCC(C(=O)NC[C@H]4C[C@@H]5C=C[C@H]4C5)C3)c2C1=O. The number of benzene rings is 1. The molecule has 9 heteroatoms. The van der Waals surface area contributed by atoms with Crippen molar-refractivity contribution < 1.29 is 19.0 Å². The molecule has 3 amide bonds. The summed E-state index contributed by atoms with van der Waals surface area (Å²) < 4.78 is 4.72. The van der Waals surface area contributed by atoms with E-state index in [0.717, 1.165) is 25.9 Å². The van der Waals surface area contributed by atoms with Crippen LogP contribution in [0, 0.1) is 30.6 Å². The second kappa shape index (κ2) is 8.62. The Morgan fingerprint density at radius 3 is 2.80 bits per heavy atom. The fraction of sp³-hybridized carbons (Fsp3) is 0.500.